The van der Waals surface area contributed by atoms with Gasteiger partial charge in [0, 0.05) is 33.2 Å². The lowest BCUT2D eigenvalue weighted by Crippen LogP contribution is -2.31. The monoisotopic (exact) mass is 389 g/mol. The predicted octanol–water partition coefficient (Wildman–Crippen LogP) is 2.29. The van der Waals surface area contributed by atoms with Crippen LogP contribution in [0.25, 0.3) is 0 Å². The minimum Gasteiger partial charge on any atom is -0.368 e. The van der Waals surface area contributed by atoms with Crippen LogP contribution in [0.2, 0.25) is 0 Å². The Bertz CT molecular complexity index is 796. The molecule has 2 aromatic rings. The van der Waals surface area contributed by atoms with E-state index < -0.39 is 0 Å². The van der Waals surface area contributed by atoms with Gasteiger partial charge < -0.3 is 15.5 Å². The summed E-state index contributed by atoms with van der Waals surface area (Å²) in [5, 5.41) is 10.0. The molecule has 1 saturated carbocycles. The van der Waals surface area contributed by atoms with Gasteiger partial charge in [-0.3, -0.25) is 4.57 Å². The Morgan fingerprint density at radius 2 is 1.81 bits per heavy atom. The van der Waals surface area contributed by atoms with E-state index in [1.165, 1.54) is 32.1 Å². The van der Waals surface area contributed by atoms with E-state index in [0.717, 1.165) is 24.2 Å². The Hall–Kier alpha value is -2.10. The van der Waals surface area contributed by atoms with Gasteiger partial charge in [0.05, 0.1) is 5.25 Å². The quantitative estimate of drug-likeness (QED) is 0.745. The van der Waals surface area contributed by atoms with Crippen molar-refractivity contribution in [2.75, 3.05) is 42.7 Å². The van der Waals surface area contributed by atoms with Crippen molar-refractivity contribution in [3.8, 4) is 0 Å². The second-order valence-corrected chi connectivity index (χ2v) is 8.75. The molecule has 2 N–H and O–H groups in total. The number of hydrogen-bond donors (Lipinski definition) is 1. The molecule has 1 saturated heterocycles. The maximum absolute atomic E-state index is 5.88. The molecule has 1 atom stereocenters. The smallest absolute Gasteiger partial charge is 0.229 e. The zero-order valence-electron chi connectivity index (χ0n) is 16.2. The van der Waals surface area contributed by atoms with Gasteiger partial charge in [-0.1, -0.05) is 11.8 Å². The maximum Gasteiger partial charge on any atom is 0.229 e. The first kappa shape index (κ1) is 18.3. The molecule has 9 nitrogen and oxygen atoms in total. The lowest BCUT2D eigenvalue weighted by atomic mass is 10.1. The first-order chi connectivity index (χ1) is 13.0. The molecule has 0 radical (unpaired) electrons. The fourth-order valence-electron chi connectivity index (χ4n) is 3.30. The second-order valence-electron chi connectivity index (χ2n) is 7.44. The van der Waals surface area contributed by atoms with Crippen LogP contribution in [0.1, 0.15) is 56.1 Å². The first-order valence-corrected chi connectivity index (χ1v) is 10.5. The number of thioether (sulfide) groups is 1. The van der Waals surface area contributed by atoms with Crippen LogP contribution in [0.3, 0.4) is 0 Å². The highest BCUT2D eigenvalue weighted by atomic mass is 32.2. The summed E-state index contributed by atoms with van der Waals surface area (Å²) in [5.41, 5.74) is 5.88. The fourth-order valence-corrected chi connectivity index (χ4v) is 4.26. The van der Waals surface area contributed by atoms with Gasteiger partial charge in [-0.25, -0.2) is 0 Å². The van der Waals surface area contributed by atoms with Gasteiger partial charge >= 0.3 is 0 Å². The van der Waals surface area contributed by atoms with Crippen LogP contribution in [0.4, 0.5) is 17.8 Å². The zero-order valence-corrected chi connectivity index (χ0v) is 17.0. The van der Waals surface area contributed by atoms with Crippen molar-refractivity contribution in [2.45, 2.75) is 55.5 Å². The third kappa shape index (κ3) is 3.95. The van der Waals surface area contributed by atoms with E-state index in [0.29, 0.717) is 17.8 Å². The Balaban J connectivity index is 1.58. The van der Waals surface area contributed by atoms with Crippen LogP contribution in [-0.4, -0.2) is 56.9 Å². The molecule has 27 heavy (non-hydrogen) atoms. The summed E-state index contributed by atoms with van der Waals surface area (Å²) in [7, 11) is 3.79. The lowest BCUT2D eigenvalue weighted by molar-refractivity contribution is 0.548. The van der Waals surface area contributed by atoms with Crippen LogP contribution in [0.15, 0.2) is 5.16 Å². The van der Waals surface area contributed by atoms with Gasteiger partial charge in [-0.15, -0.1) is 10.2 Å². The Labute approximate surface area is 163 Å². The molecular formula is C17H27N9S. The maximum atomic E-state index is 5.88. The molecule has 0 spiro atoms. The van der Waals surface area contributed by atoms with Gasteiger partial charge in [0.25, 0.3) is 0 Å². The van der Waals surface area contributed by atoms with E-state index >= 15 is 0 Å². The van der Waals surface area contributed by atoms with Crippen molar-refractivity contribution in [3.63, 3.8) is 0 Å². The molecule has 3 heterocycles. The fraction of sp³-hybridized carbons (Fsp3) is 0.706. The van der Waals surface area contributed by atoms with Crippen molar-refractivity contribution in [1.82, 2.24) is 29.7 Å². The average Bonchev–Trinajstić information content (AvgIpc) is 3.42. The van der Waals surface area contributed by atoms with Gasteiger partial charge in [0.15, 0.2) is 5.16 Å². The van der Waals surface area contributed by atoms with Crippen LogP contribution < -0.4 is 15.5 Å². The van der Waals surface area contributed by atoms with E-state index in [1.807, 2.05) is 19.0 Å². The highest BCUT2D eigenvalue weighted by Gasteiger charge is 2.33. The van der Waals surface area contributed by atoms with Crippen LogP contribution >= 0.6 is 11.8 Å². The molecule has 10 heteroatoms. The molecule has 2 aromatic heterocycles. The lowest BCUT2D eigenvalue weighted by Gasteiger charge is -2.28. The highest BCUT2D eigenvalue weighted by molar-refractivity contribution is 7.99. The topological polar surface area (TPSA) is 102 Å². The van der Waals surface area contributed by atoms with Crippen LogP contribution in [0, 0.1) is 0 Å². The summed E-state index contributed by atoms with van der Waals surface area (Å²) in [5.74, 6) is 2.51. The van der Waals surface area contributed by atoms with E-state index in [4.69, 9.17) is 5.73 Å². The molecule has 0 bridgehead atoms. The van der Waals surface area contributed by atoms with Gasteiger partial charge in [-0.2, -0.15) is 15.0 Å². The van der Waals surface area contributed by atoms with Crippen molar-refractivity contribution < 1.29 is 0 Å². The highest BCUT2D eigenvalue weighted by Crippen LogP contribution is 2.43. The normalized spacial score (nSPS) is 18.6. The number of hydrogen-bond acceptors (Lipinski definition) is 9. The molecule has 1 aliphatic carbocycles. The minimum atomic E-state index is 0.00454. The Kier molecular flexibility index (Phi) is 5.07. The molecule has 1 unspecified atom stereocenters. The number of nitrogen functional groups attached to an aromatic ring is 1. The minimum absolute atomic E-state index is 0.00454. The summed E-state index contributed by atoms with van der Waals surface area (Å²) in [6, 6.07) is 0.521. The zero-order chi connectivity index (χ0) is 19.0. The number of nitrogens with zero attached hydrogens (tertiary/aromatic N) is 8. The number of anilines is 3. The first-order valence-electron chi connectivity index (χ1n) is 9.58. The second kappa shape index (κ2) is 7.49. The van der Waals surface area contributed by atoms with E-state index in [9.17, 15) is 0 Å². The standard InChI is InChI=1S/C17H27N9S/c1-11(13-19-14(18)21-15(20-13)24(2)3)27-17-23-22-16(26(17)12-7-8-12)25-9-5-4-6-10-25/h11-12H,4-10H2,1-3H3,(H2,18,19,20,21). The van der Waals surface area contributed by atoms with Crippen LogP contribution in [0.5, 0.6) is 0 Å². The number of aromatic nitrogens is 6. The van der Waals surface area contributed by atoms with Crippen molar-refractivity contribution >= 4 is 29.6 Å². The number of rotatable bonds is 6. The van der Waals surface area contributed by atoms with Crippen molar-refractivity contribution in [1.29, 1.82) is 0 Å². The average molecular weight is 390 g/mol. The summed E-state index contributed by atoms with van der Waals surface area (Å²) in [4.78, 5) is 17.3. The molecular weight excluding hydrogens is 362 g/mol. The number of nitrogens with two attached hydrogens (primary N) is 1. The molecule has 1 aliphatic heterocycles. The van der Waals surface area contributed by atoms with Crippen molar-refractivity contribution in [2.24, 2.45) is 0 Å². The van der Waals surface area contributed by atoms with Crippen LogP contribution in [-0.2, 0) is 0 Å². The summed E-state index contributed by atoms with van der Waals surface area (Å²) < 4.78 is 2.32. The predicted molar refractivity (Wildman–Crippen MR) is 107 cm³/mol. The van der Waals surface area contributed by atoms with Gasteiger partial charge in [0.1, 0.15) is 5.82 Å². The Morgan fingerprint density at radius 3 is 2.48 bits per heavy atom. The molecule has 0 aromatic carbocycles. The third-order valence-corrected chi connectivity index (χ3v) is 5.95. The van der Waals surface area contributed by atoms with E-state index in [2.05, 4.69) is 41.5 Å². The van der Waals surface area contributed by atoms with E-state index in [-0.39, 0.29) is 11.2 Å². The molecule has 2 fully saturated rings. The summed E-state index contributed by atoms with van der Waals surface area (Å²) in [6.45, 7) is 4.22. The number of piperidine rings is 1. The Morgan fingerprint density at radius 1 is 1.07 bits per heavy atom. The van der Waals surface area contributed by atoms with E-state index in [1.54, 1.807) is 11.8 Å². The molecule has 4 rings (SSSR count). The van der Waals surface area contributed by atoms with Gasteiger partial charge in [-0.05, 0) is 39.0 Å². The largest absolute Gasteiger partial charge is 0.368 e. The SMILES string of the molecule is CC(Sc1nnc(N2CCCCC2)n1C1CC1)c1nc(N)nc(N(C)C)n1. The summed E-state index contributed by atoms with van der Waals surface area (Å²) >= 11 is 1.64. The third-order valence-electron chi connectivity index (χ3n) is 4.90. The molecule has 146 valence electrons. The van der Waals surface area contributed by atoms with Crippen molar-refractivity contribution in [3.05, 3.63) is 5.82 Å². The van der Waals surface area contributed by atoms with Gasteiger partial charge in [0.2, 0.25) is 17.8 Å². The molecule has 0 amide bonds. The summed E-state index contributed by atoms with van der Waals surface area (Å²) in [6.07, 6.45) is 6.16. The molecule has 2 aliphatic rings.